The molecular formula is C13H20FN3. The predicted molar refractivity (Wildman–Crippen MR) is 69.7 cm³/mol. The summed E-state index contributed by atoms with van der Waals surface area (Å²) in [7, 11) is 0. The molecule has 0 aliphatic carbocycles. The average Bonchev–Trinajstić information content (AvgIpc) is 2.58. The molecule has 3 nitrogen and oxygen atoms in total. The first kappa shape index (κ1) is 13.9. The summed E-state index contributed by atoms with van der Waals surface area (Å²) in [5, 5.41) is 3.27. The van der Waals surface area contributed by atoms with Crippen molar-refractivity contribution in [3.8, 4) is 12.3 Å². The van der Waals surface area contributed by atoms with E-state index in [0.717, 1.165) is 32.5 Å². The minimum Gasteiger partial charge on any atom is -0.314 e. The second kappa shape index (κ2) is 7.99. The van der Waals surface area contributed by atoms with Gasteiger partial charge in [-0.2, -0.15) is 4.39 Å². The van der Waals surface area contributed by atoms with E-state index in [2.05, 4.69) is 21.1 Å². The van der Waals surface area contributed by atoms with Gasteiger partial charge in [-0.05, 0) is 25.5 Å². The van der Waals surface area contributed by atoms with Crippen LogP contribution in [0.3, 0.4) is 0 Å². The molecule has 1 N–H and O–H groups in total. The lowest BCUT2D eigenvalue weighted by Gasteiger charge is -2.23. The fraction of sp³-hybridized carbons (Fsp3) is 0.615. The number of nitrogens with one attached hydrogen (secondary N) is 1. The summed E-state index contributed by atoms with van der Waals surface area (Å²) in [5.41, 5.74) is 0. The van der Waals surface area contributed by atoms with Gasteiger partial charge >= 0.3 is 0 Å². The van der Waals surface area contributed by atoms with Gasteiger partial charge in [0.2, 0.25) is 5.95 Å². The zero-order chi connectivity index (χ0) is 12.5. The third-order valence-electron chi connectivity index (χ3n) is 2.66. The van der Waals surface area contributed by atoms with Crippen LogP contribution in [0.5, 0.6) is 0 Å². The van der Waals surface area contributed by atoms with Gasteiger partial charge in [-0.3, -0.25) is 4.90 Å². The molecule has 0 saturated carbocycles. The second-order valence-electron chi connectivity index (χ2n) is 3.98. The van der Waals surface area contributed by atoms with Crippen molar-refractivity contribution in [1.82, 2.24) is 10.2 Å². The van der Waals surface area contributed by atoms with Crippen LogP contribution in [0.2, 0.25) is 0 Å². The summed E-state index contributed by atoms with van der Waals surface area (Å²) < 4.78 is 13.2. The van der Waals surface area contributed by atoms with Gasteiger partial charge in [0.05, 0.1) is 6.04 Å². The highest BCUT2D eigenvalue weighted by atomic mass is 19.1. The summed E-state index contributed by atoms with van der Waals surface area (Å²) in [6, 6.07) is 0.0386. The molecule has 1 aliphatic rings. The maximum Gasteiger partial charge on any atom is 0.209 e. The molecule has 0 aromatic heterocycles. The normalized spacial score (nSPS) is 23.6. The third-order valence-corrected chi connectivity index (χ3v) is 2.66. The zero-order valence-corrected chi connectivity index (χ0v) is 10.3. The standard InChI is InChI=1S/C13H20FN3/c1-3-7-16-13(14)6-10-17-9-5-8-15-11-12(17)4-2/h2,6-7,12,15H,3,5,8-11H2,1H3/b13-6-,16-7-/t12-/m0/s1. The van der Waals surface area contributed by atoms with Crippen LogP contribution in [0.1, 0.15) is 19.8 Å². The van der Waals surface area contributed by atoms with E-state index in [1.165, 1.54) is 6.08 Å². The number of hydrogen-bond acceptors (Lipinski definition) is 3. The topological polar surface area (TPSA) is 27.6 Å². The van der Waals surface area contributed by atoms with E-state index in [1.54, 1.807) is 6.21 Å². The van der Waals surface area contributed by atoms with Crippen molar-refractivity contribution < 1.29 is 4.39 Å². The van der Waals surface area contributed by atoms with E-state index in [9.17, 15) is 4.39 Å². The van der Waals surface area contributed by atoms with Gasteiger partial charge in [0.1, 0.15) is 0 Å². The molecule has 0 aromatic rings. The van der Waals surface area contributed by atoms with Crippen molar-refractivity contribution in [1.29, 1.82) is 0 Å². The Hall–Kier alpha value is -1.18. The van der Waals surface area contributed by atoms with Crippen LogP contribution in [0.15, 0.2) is 17.0 Å². The molecule has 0 unspecified atom stereocenters. The number of rotatable bonds is 4. The van der Waals surface area contributed by atoms with E-state index < -0.39 is 5.95 Å². The molecule has 1 heterocycles. The van der Waals surface area contributed by atoms with Crippen molar-refractivity contribution >= 4 is 6.21 Å². The summed E-state index contributed by atoms with van der Waals surface area (Å²) in [5.74, 6) is 2.30. The number of aliphatic imine (C=N–C) groups is 1. The summed E-state index contributed by atoms with van der Waals surface area (Å²) in [6.07, 6.45) is 10.3. The molecular weight excluding hydrogens is 217 g/mol. The van der Waals surface area contributed by atoms with Crippen molar-refractivity contribution in [3.63, 3.8) is 0 Å². The summed E-state index contributed by atoms with van der Waals surface area (Å²) >= 11 is 0. The number of nitrogens with zero attached hydrogens (tertiary/aromatic N) is 2. The molecule has 1 atom stereocenters. The first-order valence-electron chi connectivity index (χ1n) is 6.07. The molecule has 0 bridgehead atoms. The molecule has 0 radical (unpaired) electrons. The zero-order valence-electron chi connectivity index (χ0n) is 10.3. The van der Waals surface area contributed by atoms with Crippen LogP contribution in [0.25, 0.3) is 0 Å². The monoisotopic (exact) mass is 237 g/mol. The Labute approximate surface area is 103 Å². The van der Waals surface area contributed by atoms with Crippen molar-refractivity contribution in [3.05, 3.63) is 12.0 Å². The minimum atomic E-state index is -0.431. The highest BCUT2D eigenvalue weighted by molar-refractivity contribution is 5.57. The Balaban J connectivity index is 2.53. The van der Waals surface area contributed by atoms with E-state index in [0.29, 0.717) is 6.54 Å². The molecule has 0 aromatic carbocycles. The fourth-order valence-electron chi connectivity index (χ4n) is 1.74. The minimum absolute atomic E-state index is 0.0386. The van der Waals surface area contributed by atoms with Crippen molar-refractivity contribution in [2.24, 2.45) is 4.99 Å². The maximum absolute atomic E-state index is 13.2. The smallest absolute Gasteiger partial charge is 0.209 e. The quantitative estimate of drug-likeness (QED) is 0.456. The Morgan fingerprint density at radius 3 is 3.24 bits per heavy atom. The largest absolute Gasteiger partial charge is 0.314 e. The van der Waals surface area contributed by atoms with Crippen LogP contribution in [-0.4, -0.2) is 43.3 Å². The third kappa shape index (κ3) is 5.12. The summed E-state index contributed by atoms with van der Waals surface area (Å²) in [4.78, 5) is 5.78. The molecule has 1 rings (SSSR count). The highest BCUT2D eigenvalue weighted by Crippen LogP contribution is 2.06. The predicted octanol–water partition coefficient (Wildman–Crippen LogP) is 1.58. The van der Waals surface area contributed by atoms with Crippen molar-refractivity contribution in [2.45, 2.75) is 25.8 Å². The second-order valence-corrected chi connectivity index (χ2v) is 3.98. The molecule has 1 fully saturated rings. The van der Waals surface area contributed by atoms with E-state index in [4.69, 9.17) is 6.42 Å². The molecule has 1 saturated heterocycles. The van der Waals surface area contributed by atoms with E-state index in [-0.39, 0.29) is 6.04 Å². The van der Waals surface area contributed by atoms with Gasteiger partial charge in [-0.15, -0.1) is 6.42 Å². The fourth-order valence-corrected chi connectivity index (χ4v) is 1.74. The van der Waals surface area contributed by atoms with Gasteiger partial charge in [-0.25, -0.2) is 4.99 Å². The molecule has 0 spiro atoms. The lowest BCUT2D eigenvalue weighted by Crippen LogP contribution is -2.38. The SMILES string of the molecule is C#C[C@H]1CNCCCN1C/C=C(F)\N=C/CC. The lowest BCUT2D eigenvalue weighted by molar-refractivity contribution is 0.275. The van der Waals surface area contributed by atoms with Gasteiger partial charge < -0.3 is 5.32 Å². The first-order valence-corrected chi connectivity index (χ1v) is 6.07. The Morgan fingerprint density at radius 1 is 1.71 bits per heavy atom. The number of terminal acetylenes is 1. The highest BCUT2D eigenvalue weighted by Gasteiger charge is 2.17. The Morgan fingerprint density at radius 2 is 2.53 bits per heavy atom. The molecule has 1 aliphatic heterocycles. The lowest BCUT2D eigenvalue weighted by atomic mass is 10.2. The maximum atomic E-state index is 13.2. The molecule has 17 heavy (non-hydrogen) atoms. The number of hydrogen-bond donors (Lipinski definition) is 1. The van der Waals surface area contributed by atoms with Crippen LogP contribution in [0.4, 0.5) is 4.39 Å². The molecule has 4 heteroatoms. The van der Waals surface area contributed by atoms with E-state index >= 15 is 0 Å². The van der Waals surface area contributed by atoms with Gasteiger partial charge in [0, 0.05) is 25.8 Å². The Kier molecular flexibility index (Phi) is 6.53. The van der Waals surface area contributed by atoms with Crippen LogP contribution in [0, 0.1) is 12.3 Å². The van der Waals surface area contributed by atoms with Gasteiger partial charge in [0.15, 0.2) is 0 Å². The van der Waals surface area contributed by atoms with Crippen LogP contribution >= 0.6 is 0 Å². The Bertz CT molecular complexity index is 317. The van der Waals surface area contributed by atoms with Gasteiger partial charge in [0.25, 0.3) is 0 Å². The number of halogens is 1. The van der Waals surface area contributed by atoms with Gasteiger partial charge in [-0.1, -0.05) is 12.8 Å². The molecule has 94 valence electrons. The van der Waals surface area contributed by atoms with Crippen LogP contribution in [-0.2, 0) is 0 Å². The molecule has 0 amide bonds. The van der Waals surface area contributed by atoms with Crippen molar-refractivity contribution in [2.75, 3.05) is 26.2 Å². The summed E-state index contributed by atoms with van der Waals surface area (Å²) in [6.45, 7) is 5.07. The van der Waals surface area contributed by atoms with E-state index in [1.807, 2.05) is 6.92 Å². The average molecular weight is 237 g/mol. The first-order chi connectivity index (χ1) is 8.27. The van der Waals surface area contributed by atoms with Crippen LogP contribution < -0.4 is 5.32 Å².